The number of thiazole rings is 1. The number of β-lactam (4-membered cyclic amide) rings is 1. The van der Waals surface area contributed by atoms with Crippen LogP contribution in [-0.4, -0.2) is 126 Å². The van der Waals surface area contributed by atoms with Gasteiger partial charge in [0.15, 0.2) is 5.13 Å². The van der Waals surface area contributed by atoms with Gasteiger partial charge < -0.3 is 30.1 Å². The van der Waals surface area contributed by atoms with E-state index in [0.717, 1.165) is 43.4 Å². The molecule has 0 radical (unpaired) electrons. The molecule has 3 aliphatic rings. The number of anilines is 1. The first-order valence-corrected chi connectivity index (χ1v) is 18.2. The molecule has 2 aromatic rings. The molecule has 4 heterocycles. The number of carboxylic acid groups (broad SMARTS) is 1. The van der Waals surface area contributed by atoms with Crippen molar-refractivity contribution in [3.05, 3.63) is 22.3 Å². The van der Waals surface area contributed by atoms with Crippen LogP contribution in [0.15, 0.2) is 21.8 Å². The van der Waals surface area contributed by atoms with E-state index in [1.807, 2.05) is 19.0 Å². The summed E-state index contributed by atoms with van der Waals surface area (Å²) >= 11 is 3.59. The fourth-order valence-electron chi connectivity index (χ4n) is 5.61. The van der Waals surface area contributed by atoms with E-state index in [1.165, 1.54) is 28.4 Å². The minimum absolute atomic E-state index is 0.0848. The highest BCUT2D eigenvalue weighted by Gasteiger charge is 2.57. The molecule has 2 fully saturated rings. The molecule has 3 N–H and O–H groups in total. The van der Waals surface area contributed by atoms with E-state index in [4.69, 9.17) is 9.47 Å². The van der Waals surface area contributed by atoms with E-state index in [-0.39, 0.29) is 24.0 Å². The summed E-state index contributed by atoms with van der Waals surface area (Å²) in [7, 11) is 3.84. The molecule has 1 aliphatic carbocycles. The molecule has 2 aromatic heterocycles. The number of nitrogens with zero attached hydrogens (tertiary/aromatic N) is 7. The van der Waals surface area contributed by atoms with Crippen LogP contribution in [0, 0.1) is 0 Å². The highest BCUT2D eigenvalue weighted by Crippen LogP contribution is 2.47. The van der Waals surface area contributed by atoms with E-state index in [9.17, 15) is 29.1 Å². The minimum atomic E-state index is -1.33. The number of rotatable bonds is 15. The SMILES string of the molecule is CC(OC(=O)OC1CCCCC1)C1S[C@@H]2[C@H](NC(=O)Cc3csc(NC=O)n3)C(=O)N2C(C(=O)O)=C1CSc1nnnn1CCN(C)C. The third-order valence-corrected chi connectivity index (χ3v) is 11.5. The number of hydrogen-bond acceptors (Lipinski definition) is 15. The monoisotopic (exact) mass is 723 g/mol. The van der Waals surface area contributed by atoms with Crippen molar-refractivity contribution in [2.45, 2.75) is 86.0 Å². The van der Waals surface area contributed by atoms with Crippen LogP contribution in [0.25, 0.3) is 0 Å². The lowest BCUT2D eigenvalue weighted by Gasteiger charge is -2.52. The van der Waals surface area contributed by atoms with Crippen LogP contribution < -0.4 is 10.6 Å². The fraction of sp³-hybridized carbons (Fsp3) is 0.607. The van der Waals surface area contributed by atoms with Gasteiger partial charge in [-0.1, -0.05) is 18.2 Å². The molecule has 0 bridgehead atoms. The van der Waals surface area contributed by atoms with Crippen molar-refractivity contribution in [2.75, 3.05) is 31.7 Å². The van der Waals surface area contributed by atoms with Crippen molar-refractivity contribution in [1.29, 1.82) is 0 Å². The Labute approximate surface area is 288 Å². The fourth-order valence-corrected chi connectivity index (χ4v) is 8.97. The van der Waals surface area contributed by atoms with Gasteiger partial charge >= 0.3 is 12.1 Å². The summed E-state index contributed by atoms with van der Waals surface area (Å²) in [6, 6.07) is -1.03. The Kier molecular flexibility index (Phi) is 11.9. The standard InChI is InChI=1S/C28H37N9O8S3/c1-15(44-28(43)45-17-7-5-4-6-8-17)22-18(13-47-27-32-33-34-36(27)10-9-35(2)3)21(25(41)42)37-23(40)20(24(37)48-22)31-19(39)11-16-12-46-26(30-16)29-14-38/h12,14-15,17,20,22,24H,4-11,13H2,1-3H3,(H,31,39)(H,41,42)(H,29,30,38)/t15?,20-,22?,24-/m1/s1. The molecule has 1 saturated heterocycles. The van der Waals surface area contributed by atoms with Crippen LogP contribution in [0.2, 0.25) is 0 Å². The first kappa shape index (κ1) is 35.6. The number of amides is 3. The topological polar surface area (TPSA) is 211 Å². The maximum absolute atomic E-state index is 13.4. The maximum atomic E-state index is 13.4. The molecule has 0 aromatic carbocycles. The maximum Gasteiger partial charge on any atom is 0.508 e. The molecular formula is C28H37N9O8S3. The quantitative estimate of drug-likeness (QED) is 0.103. The first-order valence-electron chi connectivity index (χ1n) is 15.4. The van der Waals surface area contributed by atoms with Gasteiger partial charge in [0, 0.05) is 17.7 Å². The Morgan fingerprint density at radius 2 is 2.02 bits per heavy atom. The highest BCUT2D eigenvalue weighted by molar-refractivity contribution is 8.01. The van der Waals surface area contributed by atoms with Crippen LogP contribution in [0.1, 0.15) is 44.7 Å². The Morgan fingerprint density at radius 1 is 1.25 bits per heavy atom. The summed E-state index contributed by atoms with van der Waals surface area (Å²) in [5, 5.41) is 28.4. The second kappa shape index (κ2) is 16.1. The normalized spacial score (nSPS) is 21.7. The van der Waals surface area contributed by atoms with E-state index < -0.39 is 46.7 Å². The zero-order chi connectivity index (χ0) is 34.4. The third kappa shape index (κ3) is 8.45. The van der Waals surface area contributed by atoms with Gasteiger partial charge in [-0.2, -0.15) is 0 Å². The number of ether oxygens (including phenoxy) is 2. The van der Waals surface area contributed by atoms with Crippen LogP contribution in [0.5, 0.6) is 0 Å². The second-order valence-corrected chi connectivity index (χ2v) is 14.8. The van der Waals surface area contributed by atoms with Crippen LogP contribution in [-0.2, 0) is 41.6 Å². The number of nitrogens with one attached hydrogen (secondary N) is 2. The lowest BCUT2D eigenvalue weighted by atomic mass is 9.98. The van der Waals surface area contributed by atoms with Crippen molar-refractivity contribution in [3.8, 4) is 0 Å². The Morgan fingerprint density at radius 3 is 2.73 bits per heavy atom. The summed E-state index contributed by atoms with van der Waals surface area (Å²) in [4.78, 5) is 70.0. The third-order valence-electron chi connectivity index (χ3n) is 7.95. The van der Waals surface area contributed by atoms with Crippen LogP contribution >= 0.6 is 34.9 Å². The van der Waals surface area contributed by atoms with Gasteiger partial charge in [-0.25, -0.2) is 19.3 Å². The molecule has 2 aliphatic heterocycles. The molecule has 17 nitrogen and oxygen atoms in total. The lowest BCUT2D eigenvalue weighted by Crippen LogP contribution is -2.71. The zero-order valence-electron chi connectivity index (χ0n) is 26.6. The molecule has 5 rings (SSSR count). The van der Waals surface area contributed by atoms with E-state index >= 15 is 0 Å². The first-order chi connectivity index (χ1) is 23.0. The van der Waals surface area contributed by atoms with E-state index in [1.54, 1.807) is 17.0 Å². The molecular weight excluding hydrogens is 687 g/mol. The number of hydrogen-bond donors (Lipinski definition) is 3. The molecule has 2 unspecified atom stereocenters. The predicted molar refractivity (Wildman–Crippen MR) is 175 cm³/mol. The summed E-state index contributed by atoms with van der Waals surface area (Å²) in [6.07, 6.45) is 2.92. The van der Waals surface area contributed by atoms with Gasteiger partial charge in [0.2, 0.25) is 17.5 Å². The van der Waals surface area contributed by atoms with E-state index in [2.05, 4.69) is 31.1 Å². The van der Waals surface area contributed by atoms with Gasteiger partial charge in [-0.15, -0.1) is 28.2 Å². The smallest absolute Gasteiger partial charge is 0.477 e. The van der Waals surface area contributed by atoms with Crippen molar-refractivity contribution < 1.29 is 38.6 Å². The van der Waals surface area contributed by atoms with Gasteiger partial charge in [0.05, 0.1) is 23.9 Å². The van der Waals surface area contributed by atoms with Gasteiger partial charge in [-0.05, 0) is 62.7 Å². The highest BCUT2D eigenvalue weighted by atomic mass is 32.2. The average Bonchev–Trinajstić information content (AvgIpc) is 3.70. The zero-order valence-corrected chi connectivity index (χ0v) is 29.0. The molecule has 3 amide bonds. The second-order valence-electron chi connectivity index (χ2n) is 11.7. The van der Waals surface area contributed by atoms with Gasteiger partial charge in [0.25, 0.3) is 5.91 Å². The summed E-state index contributed by atoms with van der Waals surface area (Å²) in [5.41, 5.74) is 0.514. The number of aliphatic carboxylic acids is 1. The number of likely N-dealkylation sites (N-methyl/N-ethyl adjacent to an activating group) is 1. The molecule has 260 valence electrons. The summed E-state index contributed by atoms with van der Waals surface area (Å²) in [5.74, 6) is -2.33. The molecule has 0 spiro atoms. The van der Waals surface area contributed by atoms with Gasteiger partial charge in [-0.3, -0.25) is 19.3 Å². The largest absolute Gasteiger partial charge is 0.508 e. The number of fused-ring (bicyclic) bond motifs is 1. The molecule has 20 heteroatoms. The number of tetrazole rings is 1. The number of carboxylic acids is 1. The summed E-state index contributed by atoms with van der Waals surface area (Å²) in [6.45, 7) is 2.83. The lowest BCUT2D eigenvalue weighted by molar-refractivity contribution is -0.150. The number of carbonyl (C=O) groups is 5. The number of thioether (sulfide) groups is 2. The van der Waals surface area contributed by atoms with Crippen LogP contribution in [0.3, 0.4) is 0 Å². The van der Waals surface area contributed by atoms with Crippen molar-refractivity contribution >= 4 is 70.3 Å². The molecule has 48 heavy (non-hydrogen) atoms. The Bertz CT molecular complexity index is 1540. The summed E-state index contributed by atoms with van der Waals surface area (Å²) < 4.78 is 12.9. The molecule has 4 atom stereocenters. The van der Waals surface area contributed by atoms with Crippen molar-refractivity contribution in [2.24, 2.45) is 0 Å². The predicted octanol–water partition coefficient (Wildman–Crippen LogP) is 1.58. The number of carbonyl (C=O) groups excluding carboxylic acids is 4. The number of aromatic nitrogens is 5. The minimum Gasteiger partial charge on any atom is -0.477 e. The van der Waals surface area contributed by atoms with Crippen molar-refractivity contribution in [3.63, 3.8) is 0 Å². The molecule has 1 saturated carbocycles. The van der Waals surface area contributed by atoms with Gasteiger partial charge in [0.1, 0.15) is 29.3 Å². The Balaban J connectivity index is 1.36. The van der Waals surface area contributed by atoms with Crippen molar-refractivity contribution in [1.82, 2.24) is 40.3 Å². The van der Waals surface area contributed by atoms with E-state index in [0.29, 0.717) is 41.1 Å². The average molecular weight is 724 g/mol. The Hall–Kier alpha value is -3.75. The van der Waals surface area contributed by atoms with Crippen LogP contribution in [0.4, 0.5) is 9.93 Å².